The van der Waals surface area contributed by atoms with Crippen LogP contribution in [0.4, 0.5) is 0 Å². The van der Waals surface area contributed by atoms with Crippen LogP contribution in [0.3, 0.4) is 0 Å². The Hall–Kier alpha value is -1.00. The first kappa shape index (κ1) is 11.1. The number of aromatic nitrogens is 1. The molecule has 1 heterocycles. The highest BCUT2D eigenvalue weighted by atomic mass is 32.1. The molecule has 0 saturated carbocycles. The molecular weight excluding hydrogens is 196 g/mol. The van der Waals surface area contributed by atoms with E-state index in [4.69, 9.17) is 22.7 Å². The summed E-state index contributed by atoms with van der Waals surface area (Å²) in [6, 6.07) is 3.77. The molecule has 0 saturated heterocycles. The number of hydrogen-bond acceptors (Lipinski definition) is 3. The molecule has 0 fully saturated rings. The summed E-state index contributed by atoms with van der Waals surface area (Å²) < 4.78 is 5.46. The van der Waals surface area contributed by atoms with Gasteiger partial charge >= 0.3 is 0 Å². The average Bonchev–Trinajstić information content (AvgIpc) is 2.15. The summed E-state index contributed by atoms with van der Waals surface area (Å²) in [7, 11) is 0. The predicted molar refractivity (Wildman–Crippen MR) is 60.0 cm³/mol. The third-order valence-corrected chi connectivity index (χ3v) is 1.89. The van der Waals surface area contributed by atoms with Gasteiger partial charge in [-0.05, 0) is 19.9 Å². The van der Waals surface area contributed by atoms with Crippen molar-refractivity contribution in [2.45, 2.75) is 26.6 Å². The molecule has 0 aliphatic heterocycles. The Labute approximate surface area is 89.3 Å². The van der Waals surface area contributed by atoms with Gasteiger partial charge in [0, 0.05) is 11.8 Å². The van der Waals surface area contributed by atoms with Crippen LogP contribution in [0.15, 0.2) is 18.3 Å². The van der Waals surface area contributed by atoms with Crippen molar-refractivity contribution in [3.05, 3.63) is 29.6 Å². The van der Waals surface area contributed by atoms with E-state index in [1.807, 2.05) is 26.0 Å². The van der Waals surface area contributed by atoms with Crippen LogP contribution in [-0.4, -0.2) is 16.1 Å². The lowest BCUT2D eigenvalue weighted by molar-refractivity contribution is 0.0654. The van der Waals surface area contributed by atoms with Crippen LogP contribution >= 0.6 is 12.2 Å². The zero-order valence-electron chi connectivity index (χ0n) is 8.36. The van der Waals surface area contributed by atoms with Gasteiger partial charge in [0.15, 0.2) is 0 Å². The first-order valence-corrected chi connectivity index (χ1v) is 4.87. The average molecular weight is 210 g/mol. The quantitative estimate of drug-likeness (QED) is 0.767. The second-order valence-corrected chi connectivity index (χ2v) is 3.67. The van der Waals surface area contributed by atoms with Crippen LogP contribution in [0.2, 0.25) is 0 Å². The number of pyridine rings is 1. The van der Waals surface area contributed by atoms with Crippen molar-refractivity contribution < 1.29 is 4.74 Å². The van der Waals surface area contributed by atoms with Crippen molar-refractivity contribution >= 4 is 17.2 Å². The predicted octanol–water partition coefficient (Wildman–Crippen LogP) is 1.64. The van der Waals surface area contributed by atoms with Gasteiger partial charge in [0.05, 0.1) is 12.7 Å². The van der Waals surface area contributed by atoms with E-state index in [0.29, 0.717) is 17.3 Å². The van der Waals surface area contributed by atoms with Gasteiger partial charge in [-0.3, -0.25) is 4.98 Å². The molecule has 0 bridgehead atoms. The van der Waals surface area contributed by atoms with Gasteiger partial charge in [0.25, 0.3) is 0 Å². The van der Waals surface area contributed by atoms with Gasteiger partial charge in [-0.25, -0.2) is 0 Å². The highest BCUT2D eigenvalue weighted by Gasteiger charge is 2.06. The monoisotopic (exact) mass is 210 g/mol. The van der Waals surface area contributed by atoms with Gasteiger partial charge in [-0.1, -0.05) is 18.3 Å². The van der Waals surface area contributed by atoms with E-state index in [9.17, 15) is 0 Å². The van der Waals surface area contributed by atoms with Crippen LogP contribution in [0.5, 0.6) is 0 Å². The van der Waals surface area contributed by atoms with E-state index in [2.05, 4.69) is 4.98 Å². The van der Waals surface area contributed by atoms with Crippen molar-refractivity contribution in [1.29, 1.82) is 0 Å². The zero-order valence-corrected chi connectivity index (χ0v) is 9.17. The van der Waals surface area contributed by atoms with Crippen molar-refractivity contribution in [1.82, 2.24) is 4.98 Å². The molecule has 0 aliphatic rings. The van der Waals surface area contributed by atoms with Crippen molar-refractivity contribution in [3.63, 3.8) is 0 Å². The second kappa shape index (κ2) is 5.02. The molecule has 1 aromatic rings. The first-order chi connectivity index (χ1) is 6.61. The number of hydrogen-bond donors (Lipinski definition) is 1. The maximum Gasteiger partial charge on any atom is 0.123 e. The highest BCUT2D eigenvalue weighted by molar-refractivity contribution is 7.80. The maximum absolute atomic E-state index is 5.53. The lowest BCUT2D eigenvalue weighted by Crippen LogP contribution is -2.15. The minimum Gasteiger partial charge on any atom is -0.388 e. The second-order valence-electron chi connectivity index (χ2n) is 3.24. The number of rotatable bonds is 4. The van der Waals surface area contributed by atoms with Gasteiger partial charge in [-0.2, -0.15) is 0 Å². The molecule has 76 valence electrons. The molecule has 0 aromatic carbocycles. The lowest BCUT2D eigenvalue weighted by atomic mass is 10.2. The summed E-state index contributed by atoms with van der Waals surface area (Å²) in [4.78, 5) is 4.42. The van der Waals surface area contributed by atoms with Gasteiger partial charge in [0.1, 0.15) is 10.7 Å². The van der Waals surface area contributed by atoms with E-state index < -0.39 is 0 Å². The fourth-order valence-electron chi connectivity index (χ4n) is 1.03. The molecule has 4 heteroatoms. The fraction of sp³-hybridized carbons (Fsp3) is 0.400. The minimum absolute atomic E-state index is 0.189. The molecule has 0 aliphatic carbocycles. The summed E-state index contributed by atoms with van der Waals surface area (Å²) >= 11 is 4.89. The minimum atomic E-state index is 0.189. The summed E-state index contributed by atoms with van der Waals surface area (Å²) in [5, 5.41) is 0. The Morgan fingerprint density at radius 2 is 2.36 bits per heavy atom. The van der Waals surface area contributed by atoms with E-state index in [1.165, 1.54) is 0 Å². The van der Waals surface area contributed by atoms with Crippen LogP contribution in [0.1, 0.15) is 25.1 Å². The number of nitrogens with two attached hydrogens (primary N) is 1. The molecule has 14 heavy (non-hydrogen) atoms. The topological polar surface area (TPSA) is 48.1 Å². The molecule has 1 rings (SSSR count). The molecule has 0 unspecified atom stereocenters. The normalized spacial score (nSPS) is 10.5. The van der Waals surface area contributed by atoms with Crippen LogP contribution in [0.25, 0.3) is 0 Å². The van der Waals surface area contributed by atoms with Gasteiger partial charge < -0.3 is 10.5 Å². The van der Waals surface area contributed by atoms with Crippen molar-refractivity contribution in [2.24, 2.45) is 5.73 Å². The molecule has 0 atom stereocenters. The SMILES string of the molecule is CC(C)OCc1cccnc1C(N)=S. The Kier molecular flexibility index (Phi) is 3.98. The number of nitrogens with zero attached hydrogens (tertiary/aromatic N) is 1. The Morgan fingerprint density at radius 1 is 1.64 bits per heavy atom. The lowest BCUT2D eigenvalue weighted by Gasteiger charge is -2.09. The standard InChI is InChI=1S/C10H14N2OS/c1-7(2)13-6-8-4-3-5-12-9(8)10(11)14/h3-5,7H,6H2,1-2H3,(H2,11,14). The van der Waals surface area contributed by atoms with Crippen LogP contribution in [0, 0.1) is 0 Å². The molecule has 0 radical (unpaired) electrons. The molecule has 3 nitrogen and oxygen atoms in total. The smallest absolute Gasteiger partial charge is 0.123 e. The van der Waals surface area contributed by atoms with Crippen molar-refractivity contribution in [2.75, 3.05) is 0 Å². The summed E-state index contributed by atoms with van der Waals surface area (Å²) in [5.41, 5.74) is 7.13. The van der Waals surface area contributed by atoms with Crippen LogP contribution < -0.4 is 5.73 Å². The van der Waals surface area contributed by atoms with E-state index in [1.54, 1.807) is 6.20 Å². The number of ether oxygens (including phenoxy) is 1. The van der Waals surface area contributed by atoms with Crippen LogP contribution in [-0.2, 0) is 11.3 Å². The first-order valence-electron chi connectivity index (χ1n) is 4.46. The summed E-state index contributed by atoms with van der Waals surface area (Å²) in [5.74, 6) is 0. The van der Waals surface area contributed by atoms with E-state index >= 15 is 0 Å². The molecule has 2 N–H and O–H groups in total. The largest absolute Gasteiger partial charge is 0.388 e. The Bertz CT molecular complexity index is 326. The molecule has 1 aromatic heterocycles. The maximum atomic E-state index is 5.53. The summed E-state index contributed by atoms with van der Waals surface area (Å²) in [6.07, 6.45) is 1.86. The fourth-order valence-corrected chi connectivity index (χ4v) is 1.22. The molecular formula is C10H14N2OS. The Balaban J connectivity index is 2.79. The van der Waals surface area contributed by atoms with E-state index in [-0.39, 0.29) is 6.10 Å². The zero-order chi connectivity index (χ0) is 10.6. The van der Waals surface area contributed by atoms with Gasteiger partial charge in [0.2, 0.25) is 0 Å². The van der Waals surface area contributed by atoms with E-state index in [0.717, 1.165) is 5.56 Å². The van der Waals surface area contributed by atoms with Gasteiger partial charge in [-0.15, -0.1) is 0 Å². The highest BCUT2D eigenvalue weighted by Crippen LogP contribution is 2.08. The third kappa shape index (κ3) is 3.05. The Morgan fingerprint density at radius 3 is 2.93 bits per heavy atom. The number of thiocarbonyl (C=S) groups is 1. The molecule has 0 spiro atoms. The summed E-state index contributed by atoms with van der Waals surface area (Å²) in [6.45, 7) is 4.46. The third-order valence-electron chi connectivity index (χ3n) is 1.70. The van der Waals surface area contributed by atoms with Crippen molar-refractivity contribution in [3.8, 4) is 0 Å². The molecule has 0 amide bonds.